The second-order valence-electron chi connectivity index (χ2n) is 3.61. The van der Waals surface area contributed by atoms with E-state index in [-0.39, 0.29) is 5.91 Å². The van der Waals surface area contributed by atoms with Gasteiger partial charge >= 0.3 is 0 Å². The SMILES string of the molecule is COC(C)C(=O)Nc1cccc(C)c1C. The molecule has 1 aromatic carbocycles. The van der Waals surface area contributed by atoms with E-state index in [1.807, 2.05) is 32.0 Å². The first-order valence-electron chi connectivity index (χ1n) is 4.96. The van der Waals surface area contributed by atoms with Crippen LogP contribution in [0.4, 0.5) is 5.69 Å². The minimum atomic E-state index is -0.426. The van der Waals surface area contributed by atoms with E-state index in [4.69, 9.17) is 4.74 Å². The van der Waals surface area contributed by atoms with Crippen LogP contribution in [0.25, 0.3) is 0 Å². The van der Waals surface area contributed by atoms with Crippen LogP contribution in [0, 0.1) is 13.8 Å². The summed E-state index contributed by atoms with van der Waals surface area (Å²) >= 11 is 0. The van der Waals surface area contributed by atoms with Gasteiger partial charge in [0.25, 0.3) is 5.91 Å². The number of ether oxygens (including phenoxy) is 1. The second-order valence-corrected chi connectivity index (χ2v) is 3.61. The first-order valence-corrected chi connectivity index (χ1v) is 4.96. The predicted octanol–water partition coefficient (Wildman–Crippen LogP) is 2.28. The first-order chi connectivity index (χ1) is 7.06. The lowest BCUT2D eigenvalue weighted by Gasteiger charge is -2.13. The molecule has 1 N–H and O–H groups in total. The van der Waals surface area contributed by atoms with Gasteiger partial charge in [-0.2, -0.15) is 0 Å². The monoisotopic (exact) mass is 207 g/mol. The minimum Gasteiger partial charge on any atom is -0.372 e. The largest absolute Gasteiger partial charge is 0.372 e. The number of rotatable bonds is 3. The molecule has 0 saturated carbocycles. The molecule has 1 atom stereocenters. The molecule has 0 radical (unpaired) electrons. The molecular formula is C12H17NO2. The van der Waals surface area contributed by atoms with Gasteiger partial charge < -0.3 is 10.1 Å². The summed E-state index contributed by atoms with van der Waals surface area (Å²) in [6.45, 7) is 5.73. The van der Waals surface area contributed by atoms with E-state index in [0.717, 1.165) is 16.8 Å². The molecule has 3 heteroatoms. The number of amides is 1. The molecule has 0 fully saturated rings. The van der Waals surface area contributed by atoms with Crippen molar-refractivity contribution >= 4 is 11.6 Å². The average molecular weight is 207 g/mol. The Bertz CT molecular complexity index is 361. The summed E-state index contributed by atoms with van der Waals surface area (Å²) < 4.78 is 4.94. The van der Waals surface area contributed by atoms with E-state index in [1.54, 1.807) is 6.92 Å². The van der Waals surface area contributed by atoms with Gasteiger partial charge in [0.05, 0.1) is 0 Å². The van der Waals surface area contributed by atoms with Gasteiger partial charge in [-0.25, -0.2) is 0 Å². The molecule has 0 spiro atoms. The number of hydrogen-bond donors (Lipinski definition) is 1. The molecule has 0 heterocycles. The summed E-state index contributed by atoms with van der Waals surface area (Å²) in [7, 11) is 1.52. The van der Waals surface area contributed by atoms with Crippen molar-refractivity contribution in [2.24, 2.45) is 0 Å². The number of anilines is 1. The van der Waals surface area contributed by atoms with E-state index in [2.05, 4.69) is 5.32 Å². The molecule has 1 aromatic rings. The van der Waals surface area contributed by atoms with Crippen molar-refractivity contribution in [3.63, 3.8) is 0 Å². The Labute approximate surface area is 90.4 Å². The van der Waals surface area contributed by atoms with Crippen molar-refractivity contribution in [1.29, 1.82) is 0 Å². The highest BCUT2D eigenvalue weighted by atomic mass is 16.5. The van der Waals surface area contributed by atoms with Gasteiger partial charge in [0, 0.05) is 12.8 Å². The Morgan fingerprint density at radius 3 is 2.67 bits per heavy atom. The maximum atomic E-state index is 11.6. The number of carbonyl (C=O) groups is 1. The predicted molar refractivity (Wildman–Crippen MR) is 61.0 cm³/mol. The van der Waals surface area contributed by atoms with Crippen molar-refractivity contribution in [3.8, 4) is 0 Å². The molecule has 1 unspecified atom stereocenters. The van der Waals surface area contributed by atoms with Crippen molar-refractivity contribution in [3.05, 3.63) is 29.3 Å². The highest BCUT2D eigenvalue weighted by Crippen LogP contribution is 2.18. The smallest absolute Gasteiger partial charge is 0.253 e. The molecule has 0 aliphatic heterocycles. The normalized spacial score (nSPS) is 12.3. The van der Waals surface area contributed by atoms with Crippen LogP contribution in [-0.2, 0) is 9.53 Å². The lowest BCUT2D eigenvalue weighted by atomic mass is 10.1. The van der Waals surface area contributed by atoms with Gasteiger partial charge in [0.2, 0.25) is 0 Å². The van der Waals surface area contributed by atoms with Crippen LogP contribution in [0.1, 0.15) is 18.1 Å². The van der Waals surface area contributed by atoms with E-state index in [0.29, 0.717) is 0 Å². The fraction of sp³-hybridized carbons (Fsp3) is 0.417. The fourth-order valence-corrected chi connectivity index (χ4v) is 1.23. The minimum absolute atomic E-state index is 0.119. The molecule has 0 bridgehead atoms. The summed E-state index contributed by atoms with van der Waals surface area (Å²) in [5.41, 5.74) is 3.11. The maximum Gasteiger partial charge on any atom is 0.253 e. The van der Waals surface area contributed by atoms with Crippen molar-refractivity contribution in [2.75, 3.05) is 12.4 Å². The standard InChI is InChI=1S/C12H17NO2/c1-8-6-5-7-11(9(8)2)13-12(14)10(3)15-4/h5-7,10H,1-4H3,(H,13,14). The number of carbonyl (C=O) groups excluding carboxylic acids is 1. The van der Waals surface area contributed by atoms with Crippen LogP contribution in [0.15, 0.2) is 18.2 Å². The highest BCUT2D eigenvalue weighted by molar-refractivity contribution is 5.94. The summed E-state index contributed by atoms with van der Waals surface area (Å²) in [5, 5.41) is 2.84. The molecule has 0 aliphatic carbocycles. The summed E-state index contributed by atoms with van der Waals surface area (Å²) in [6, 6.07) is 5.84. The Balaban J connectivity index is 2.81. The van der Waals surface area contributed by atoms with Gasteiger partial charge in [-0.3, -0.25) is 4.79 Å². The van der Waals surface area contributed by atoms with Gasteiger partial charge in [-0.15, -0.1) is 0 Å². The maximum absolute atomic E-state index is 11.6. The molecule has 0 saturated heterocycles. The van der Waals surface area contributed by atoms with Crippen molar-refractivity contribution in [1.82, 2.24) is 0 Å². The number of nitrogens with one attached hydrogen (secondary N) is 1. The highest BCUT2D eigenvalue weighted by Gasteiger charge is 2.12. The van der Waals surface area contributed by atoms with Crippen molar-refractivity contribution < 1.29 is 9.53 Å². The van der Waals surface area contributed by atoms with E-state index in [9.17, 15) is 4.79 Å². The van der Waals surface area contributed by atoms with Gasteiger partial charge in [-0.1, -0.05) is 12.1 Å². The zero-order chi connectivity index (χ0) is 11.4. The molecule has 0 aromatic heterocycles. The third-order valence-corrected chi connectivity index (χ3v) is 2.59. The summed E-state index contributed by atoms with van der Waals surface area (Å²) in [4.78, 5) is 11.6. The third-order valence-electron chi connectivity index (χ3n) is 2.59. The van der Waals surface area contributed by atoms with Gasteiger partial charge in [0.15, 0.2) is 0 Å². The molecule has 1 rings (SSSR count). The number of aryl methyl sites for hydroxylation is 1. The zero-order valence-electron chi connectivity index (χ0n) is 9.63. The number of benzene rings is 1. The van der Waals surface area contributed by atoms with Crippen LogP contribution in [0.2, 0.25) is 0 Å². The van der Waals surface area contributed by atoms with Crippen molar-refractivity contribution in [2.45, 2.75) is 26.9 Å². The van der Waals surface area contributed by atoms with E-state index >= 15 is 0 Å². The van der Waals surface area contributed by atoms with Crippen LogP contribution in [0.3, 0.4) is 0 Å². The van der Waals surface area contributed by atoms with Crippen LogP contribution in [-0.4, -0.2) is 19.1 Å². The molecule has 3 nitrogen and oxygen atoms in total. The van der Waals surface area contributed by atoms with Crippen LogP contribution >= 0.6 is 0 Å². The average Bonchev–Trinajstić information content (AvgIpc) is 2.23. The zero-order valence-corrected chi connectivity index (χ0v) is 9.63. The first kappa shape index (κ1) is 11.7. The number of methoxy groups -OCH3 is 1. The molecular weight excluding hydrogens is 190 g/mol. The second kappa shape index (κ2) is 4.94. The Morgan fingerprint density at radius 1 is 1.40 bits per heavy atom. The van der Waals surface area contributed by atoms with E-state index < -0.39 is 6.10 Å². The quantitative estimate of drug-likeness (QED) is 0.825. The Kier molecular flexibility index (Phi) is 3.86. The van der Waals surface area contributed by atoms with Crippen LogP contribution < -0.4 is 5.32 Å². The van der Waals surface area contributed by atoms with E-state index in [1.165, 1.54) is 7.11 Å². The van der Waals surface area contributed by atoms with Crippen LogP contribution in [0.5, 0.6) is 0 Å². The Morgan fingerprint density at radius 2 is 2.07 bits per heavy atom. The molecule has 0 aliphatic rings. The lowest BCUT2D eigenvalue weighted by molar-refractivity contribution is -0.124. The summed E-state index contributed by atoms with van der Waals surface area (Å²) in [6.07, 6.45) is -0.426. The Hall–Kier alpha value is -1.35. The lowest BCUT2D eigenvalue weighted by Crippen LogP contribution is -2.26. The topological polar surface area (TPSA) is 38.3 Å². The summed E-state index contributed by atoms with van der Waals surface area (Å²) in [5.74, 6) is -0.119. The molecule has 15 heavy (non-hydrogen) atoms. The van der Waals surface area contributed by atoms with Gasteiger partial charge in [-0.05, 0) is 38.0 Å². The third kappa shape index (κ3) is 2.80. The fourth-order valence-electron chi connectivity index (χ4n) is 1.23. The molecule has 1 amide bonds. The number of hydrogen-bond acceptors (Lipinski definition) is 2. The van der Waals surface area contributed by atoms with Gasteiger partial charge in [0.1, 0.15) is 6.10 Å². The molecule has 82 valence electrons.